The van der Waals surface area contributed by atoms with E-state index in [-0.39, 0.29) is 16.7 Å². The number of nitrogens with zero attached hydrogens (tertiary/aromatic N) is 3. The van der Waals surface area contributed by atoms with Crippen LogP contribution in [0, 0.1) is 0 Å². The van der Waals surface area contributed by atoms with E-state index in [4.69, 9.17) is 5.84 Å². The van der Waals surface area contributed by atoms with Crippen LogP contribution in [0.5, 0.6) is 0 Å². The molecule has 0 bridgehead atoms. The average Bonchev–Trinajstić information content (AvgIpc) is 3.19. The number of alkyl halides is 3. The Morgan fingerprint density at radius 1 is 1.17 bits per heavy atom. The van der Waals surface area contributed by atoms with Gasteiger partial charge in [0.15, 0.2) is 0 Å². The number of pyridine rings is 1. The highest BCUT2D eigenvalue weighted by molar-refractivity contribution is 9.10. The second-order valence-corrected chi connectivity index (χ2v) is 8.88. The van der Waals surface area contributed by atoms with Gasteiger partial charge in [-0.1, -0.05) is 52.8 Å². The summed E-state index contributed by atoms with van der Waals surface area (Å²) in [5.41, 5.74) is 0.823. The Kier molecular flexibility index (Phi) is 7.00. The second-order valence-electron chi connectivity index (χ2n) is 7.97. The molecule has 3 N–H and O–H groups in total. The summed E-state index contributed by atoms with van der Waals surface area (Å²) >= 11 is 3.42. The van der Waals surface area contributed by atoms with Gasteiger partial charge in [-0.3, -0.25) is 9.20 Å². The van der Waals surface area contributed by atoms with Gasteiger partial charge in [0.1, 0.15) is 17.2 Å². The van der Waals surface area contributed by atoms with E-state index in [0.29, 0.717) is 17.2 Å². The first-order chi connectivity index (χ1) is 17.0. The standard InChI is InChI=1S/C26H21BrF3N5O/c1-16(10-12-34(2)31)20-14-18(8-9-21(20)26(28,29)30)25(36)33-24-23(17-6-4-3-5-7-17)32-22-15-19(27)11-13-35(22)24/h3-15H,1,31H2,2H3,(H,33,36)/b12-10-. The minimum atomic E-state index is -4.63. The molecule has 0 aliphatic carbocycles. The third kappa shape index (κ3) is 5.34. The van der Waals surface area contributed by atoms with Crippen LogP contribution in [0.1, 0.15) is 21.5 Å². The van der Waals surface area contributed by atoms with Crippen LogP contribution < -0.4 is 11.2 Å². The molecule has 36 heavy (non-hydrogen) atoms. The molecule has 0 spiro atoms. The summed E-state index contributed by atoms with van der Waals surface area (Å²) in [5, 5.41) is 4.02. The van der Waals surface area contributed by atoms with Gasteiger partial charge < -0.3 is 10.3 Å². The third-order valence-corrected chi connectivity index (χ3v) is 5.80. The van der Waals surface area contributed by atoms with Gasteiger partial charge in [-0.2, -0.15) is 13.2 Å². The number of nitrogens with two attached hydrogens (primary N) is 1. The second kappa shape index (κ2) is 10.00. The van der Waals surface area contributed by atoms with Crippen molar-refractivity contribution in [3.05, 3.63) is 107 Å². The van der Waals surface area contributed by atoms with Crippen molar-refractivity contribution in [1.29, 1.82) is 0 Å². The molecule has 0 aliphatic heterocycles. The van der Waals surface area contributed by atoms with Crippen LogP contribution in [-0.2, 0) is 6.18 Å². The van der Waals surface area contributed by atoms with Crippen molar-refractivity contribution in [3.63, 3.8) is 0 Å². The number of fused-ring (bicyclic) bond motifs is 1. The Hall–Kier alpha value is -3.89. The number of hydrogen-bond acceptors (Lipinski definition) is 4. The van der Waals surface area contributed by atoms with Crippen LogP contribution in [0.4, 0.5) is 19.0 Å². The number of carbonyl (C=O) groups is 1. The van der Waals surface area contributed by atoms with Crippen LogP contribution in [0.2, 0.25) is 0 Å². The predicted octanol–water partition coefficient (Wildman–Crippen LogP) is 6.37. The maximum atomic E-state index is 13.7. The van der Waals surface area contributed by atoms with E-state index in [0.717, 1.165) is 22.2 Å². The van der Waals surface area contributed by atoms with Crippen LogP contribution in [-0.4, -0.2) is 27.3 Å². The highest BCUT2D eigenvalue weighted by Gasteiger charge is 2.34. The van der Waals surface area contributed by atoms with Crippen molar-refractivity contribution in [3.8, 4) is 11.3 Å². The Labute approximate surface area is 213 Å². The van der Waals surface area contributed by atoms with Crippen LogP contribution in [0.15, 0.2) is 90.2 Å². The maximum absolute atomic E-state index is 13.7. The molecule has 4 rings (SSSR count). The van der Waals surface area contributed by atoms with E-state index in [1.807, 2.05) is 30.3 Å². The number of anilines is 1. The summed E-state index contributed by atoms with van der Waals surface area (Å²) in [6, 6.07) is 16.0. The lowest BCUT2D eigenvalue weighted by atomic mass is 9.97. The van der Waals surface area contributed by atoms with Crippen molar-refractivity contribution in [2.75, 3.05) is 12.4 Å². The summed E-state index contributed by atoms with van der Waals surface area (Å²) in [6.07, 6.45) is -0.173. The molecule has 0 fully saturated rings. The number of halogens is 4. The number of aromatic nitrogens is 2. The smallest absolute Gasteiger partial charge is 0.321 e. The molecule has 184 valence electrons. The molecule has 0 saturated heterocycles. The fraction of sp³-hybridized carbons (Fsp3) is 0.0769. The number of hydrazine groups is 1. The average molecular weight is 556 g/mol. The molecule has 0 atom stereocenters. The van der Waals surface area contributed by atoms with Gasteiger partial charge in [0.2, 0.25) is 0 Å². The van der Waals surface area contributed by atoms with Gasteiger partial charge >= 0.3 is 6.18 Å². The number of carbonyl (C=O) groups excluding carboxylic acids is 1. The zero-order chi connectivity index (χ0) is 26.0. The van der Waals surface area contributed by atoms with E-state index in [1.54, 1.807) is 22.7 Å². The van der Waals surface area contributed by atoms with Crippen molar-refractivity contribution in [2.45, 2.75) is 6.18 Å². The Balaban J connectivity index is 1.77. The molecular formula is C26H21BrF3N5O. The molecule has 2 aromatic carbocycles. The summed E-state index contributed by atoms with van der Waals surface area (Å²) in [7, 11) is 1.52. The molecule has 4 aromatic rings. The van der Waals surface area contributed by atoms with Crippen molar-refractivity contribution in [2.24, 2.45) is 5.84 Å². The zero-order valence-electron chi connectivity index (χ0n) is 19.1. The quantitative estimate of drug-likeness (QED) is 0.165. The highest BCUT2D eigenvalue weighted by Crippen LogP contribution is 2.36. The van der Waals surface area contributed by atoms with E-state index in [2.05, 4.69) is 32.8 Å². The number of imidazole rings is 1. The first kappa shape index (κ1) is 25.2. The van der Waals surface area contributed by atoms with Crippen molar-refractivity contribution in [1.82, 2.24) is 14.4 Å². The number of allylic oxidation sites excluding steroid dienone is 2. The minimum Gasteiger partial charge on any atom is -0.321 e. The van der Waals surface area contributed by atoms with E-state index >= 15 is 0 Å². The number of hydrogen-bond donors (Lipinski definition) is 2. The SMILES string of the molecule is C=C(/C=C\N(C)N)c1cc(C(=O)Nc2c(-c3ccccc3)nc3cc(Br)ccn23)ccc1C(F)(F)F. The van der Waals surface area contributed by atoms with Gasteiger partial charge in [0, 0.05) is 35.0 Å². The lowest BCUT2D eigenvalue weighted by Crippen LogP contribution is -2.18. The van der Waals surface area contributed by atoms with E-state index in [9.17, 15) is 18.0 Å². The maximum Gasteiger partial charge on any atom is 0.417 e. The normalized spacial score (nSPS) is 11.7. The fourth-order valence-corrected chi connectivity index (χ4v) is 3.93. The molecule has 2 aromatic heterocycles. The number of benzene rings is 2. The van der Waals surface area contributed by atoms with Gasteiger partial charge in [-0.25, -0.2) is 10.8 Å². The summed E-state index contributed by atoms with van der Waals surface area (Å²) in [5.74, 6) is 5.31. The summed E-state index contributed by atoms with van der Waals surface area (Å²) in [4.78, 5) is 17.9. The molecule has 0 unspecified atom stereocenters. The fourth-order valence-electron chi connectivity index (χ4n) is 3.61. The van der Waals surface area contributed by atoms with E-state index < -0.39 is 17.6 Å². The largest absolute Gasteiger partial charge is 0.417 e. The topological polar surface area (TPSA) is 75.7 Å². The molecule has 0 saturated carbocycles. The van der Waals surface area contributed by atoms with Crippen LogP contribution in [0.25, 0.3) is 22.5 Å². The lowest BCUT2D eigenvalue weighted by Gasteiger charge is -2.15. The monoisotopic (exact) mass is 555 g/mol. The Bertz CT molecular complexity index is 1480. The first-order valence-electron chi connectivity index (χ1n) is 10.6. The van der Waals surface area contributed by atoms with Gasteiger partial charge in [0.05, 0.1) is 5.56 Å². The summed E-state index contributed by atoms with van der Waals surface area (Å²) < 4.78 is 43.5. The molecule has 6 nitrogen and oxygen atoms in total. The number of nitrogens with one attached hydrogen (secondary N) is 1. The molecule has 2 heterocycles. The van der Waals surface area contributed by atoms with Crippen LogP contribution in [0.3, 0.4) is 0 Å². The van der Waals surface area contributed by atoms with Gasteiger partial charge in [0.25, 0.3) is 5.91 Å². The molecule has 0 aliphatic rings. The minimum absolute atomic E-state index is 0.0275. The van der Waals surface area contributed by atoms with Crippen molar-refractivity contribution < 1.29 is 18.0 Å². The van der Waals surface area contributed by atoms with Gasteiger partial charge in [-0.15, -0.1) is 0 Å². The Morgan fingerprint density at radius 3 is 2.56 bits per heavy atom. The third-order valence-electron chi connectivity index (χ3n) is 5.31. The highest BCUT2D eigenvalue weighted by atomic mass is 79.9. The van der Waals surface area contributed by atoms with Crippen LogP contribution >= 0.6 is 15.9 Å². The predicted molar refractivity (Wildman–Crippen MR) is 138 cm³/mol. The first-order valence-corrected chi connectivity index (χ1v) is 11.4. The molecule has 0 radical (unpaired) electrons. The Morgan fingerprint density at radius 2 is 1.89 bits per heavy atom. The molecule has 1 amide bonds. The molecular weight excluding hydrogens is 535 g/mol. The van der Waals surface area contributed by atoms with Crippen molar-refractivity contribution >= 4 is 38.9 Å². The van der Waals surface area contributed by atoms with E-state index in [1.165, 1.54) is 30.4 Å². The molecule has 10 heteroatoms. The lowest BCUT2D eigenvalue weighted by molar-refractivity contribution is -0.137. The zero-order valence-corrected chi connectivity index (χ0v) is 20.6. The van der Waals surface area contributed by atoms with Gasteiger partial charge in [-0.05, 0) is 47.5 Å². The number of rotatable bonds is 6. The number of amides is 1. The summed E-state index contributed by atoms with van der Waals surface area (Å²) in [6.45, 7) is 3.73.